The third kappa shape index (κ3) is 4.72. The van der Waals surface area contributed by atoms with Crippen LogP contribution < -0.4 is 9.64 Å². The Balaban J connectivity index is 1.72. The molecule has 0 atom stereocenters. The van der Waals surface area contributed by atoms with Crippen LogP contribution in [0.3, 0.4) is 0 Å². The number of aryl methyl sites for hydroxylation is 1. The van der Waals surface area contributed by atoms with Gasteiger partial charge in [-0.15, -0.1) is 11.8 Å². The number of aromatic nitrogens is 1. The fraction of sp³-hybridized carbons (Fsp3) is 0.391. The van der Waals surface area contributed by atoms with Crippen molar-refractivity contribution in [1.82, 2.24) is 9.88 Å². The van der Waals surface area contributed by atoms with E-state index in [9.17, 15) is 4.79 Å². The van der Waals surface area contributed by atoms with Crippen molar-refractivity contribution < 1.29 is 14.3 Å². The van der Waals surface area contributed by atoms with Crippen molar-refractivity contribution in [2.45, 2.75) is 11.8 Å². The van der Waals surface area contributed by atoms with Gasteiger partial charge in [-0.2, -0.15) is 0 Å². The number of carbonyl (C=O) groups excluding carboxylic acids is 1. The van der Waals surface area contributed by atoms with Crippen LogP contribution >= 0.6 is 23.1 Å². The lowest BCUT2D eigenvalue weighted by Crippen LogP contribution is -2.43. The first-order valence-electron chi connectivity index (χ1n) is 10.3. The molecule has 8 heteroatoms. The summed E-state index contributed by atoms with van der Waals surface area (Å²) >= 11 is 3.13. The number of hydrogen-bond donors (Lipinski definition) is 0. The highest BCUT2D eigenvalue weighted by molar-refractivity contribution is 7.98. The summed E-state index contributed by atoms with van der Waals surface area (Å²) in [5, 5.41) is 0.705. The number of amides is 1. The maximum absolute atomic E-state index is 13.7. The summed E-state index contributed by atoms with van der Waals surface area (Å²) in [4.78, 5) is 23.7. The Morgan fingerprint density at radius 2 is 2.03 bits per heavy atom. The number of fused-ring (bicyclic) bond motifs is 1. The monoisotopic (exact) mass is 457 g/mol. The van der Waals surface area contributed by atoms with Crippen LogP contribution in [0.15, 0.2) is 41.3 Å². The van der Waals surface area contributed by atoms with Gasteiger partial charge in [-0.1, -0.05) is 29.5 Å². The van der Waals surface area contributed by atoms with Gasteiger partial charge in [-0.3, -0.25) is 14.6 Å². The molecule has 3 aromatic rings. The molecule has 0 bridgehead atoms. The first kappa shape index (κ1) is 22.1. The molecule has 1 amide bonds. The van der Waals surface area contributed by atoms with E-state index in [-0.39, 0.29) is 5.91 Å². The number of methoxy groups -OCH3 is 1. The van der Waals surface area contributed by atoms with Gasteiger partial charge in [-0.05, 0) is 36.9 Å². The number of nitrogens with zero attached hydrogens (tertiary/aromatic N) is 3. The van der Waals surface area contributed by atoms with E-state index in [1.165, 1.54) is 0 Å². The second-order valence-electron chi connectivity index (χ2n) is 7.37. The molecule has 1 aromatic heterocycles. The van der Waals surface area contributed by atoms with Crippen LogP contribution in [0.5, 0.6) is 5.75 Å². The van der Waals surface area contributed by atoms with Gasteiger partial charge in [0.05, 0.1) is 30.6 Å². The summed E-state index contributed by atoms with van der Waals surface area (Å²) in [6, 6.07) is 11.7. The molecule has 2 heterocycles. The molecule has 6 nitrogen and oxygen atoms in total. The standard InChI is InChI=1S/C23H27N3O3S2/c1-16-8-9-18(28-2)20-21(16)31-23(24-20)26(11-10-25-12-14-29-15-13-25)22(27)17-6-4-5-7-19(17)30-3/h4-9H,10-15H2,1-3H3. The Morgan fingerprint density at radius 3 is 2.77 bits per heavy atom. The predicted octanol–water partition coefficient (Wildman–Crippen LogP) is 4.31. The van der Waals surface area contributed by atoms with Crippen molar-refractivity contribution in [2.24, 2.45) is 0 Å². The zero-order valence-corrected chi connectivity index (χ0v) is 19.7. The van der Waals surface area contributed by atoms with Crippen LogP contribution in [0.4, 0.5) is 5.13 Å². The molecule has 0 aliphatic carbocycles. The zero-order valence-electron chi connectivity index (χ0n) is 18.1. The van der Waals surface area contributed by atoms with E-state index in [0.717, 1.165) is 59.3 Å². The van der Waals surface area contributed by atoms with Crippen LogP contribution in [0.2, 0.25) is 0 Å². The van der Waals surface area contributed by atoms with Crippen LogP contribution in [0.1, 0.15) is 15.9 Å². The summed E-state index contributed by atoms with van der Waals surface area (Å²) in [6.45, 7) is 6.66. The fourth-order valence-electron chi connectivity index (χ4n) is 3.70. The first-order valence-corrected chi connectivity index (χ1v) is 12.4. The Morgan fingerprint density at radius 1 is 1.26 bits per heavy atom. The number of morpholine rings is 1. The zero-order chi connectivity index (χ0) is 21.8. The number of thiazole rings is 1. The lowest BCUT2D eigenvalue weighted by molar-refractivity contribution is 0.0391. The second kappa shape index (κ2) is 9.99. The summed E-state index contributed by atoms with van der Waals surface area (Å²) in [5.41, 5.74) is 2.65. The van der Waals surface area contributed by atoms with Gasteiger partial charge < -0.3 is 9.47 Å². The third-order valence-electron chi connectivity index (χ3n) is 5.47. The molecule has 1 aliphatic rings. The van der Waals surface area contributed by atoms with E-state index >= 15 is 0 Å². The van der Waals surface area contributed by atoms with Crippen LogP contribution in [-0.2, 0) is 4.74 Å². The average Bonchev–Trinajstić information content (AvgIpc) is 3.26. The molecular formula is C23H27N3O3S2. The summed E-state index contributed by atoms with van der Waals surface area (Å²) in [7, 11) is 1.65. The van der Waals surface area contributed by atoms with Gasteiger partial charge in [0, 0.05) is 31.1 Å². The Labute approximate surface area is 191 Å². The highest BCUT2D eigenvalue weighted by atomic mass is 32.2. The molecule has 31 heavy (non-hydrogen) atoms. The first-order chi connectivity index (χ1) is 15.1. The maximum Gasteiger partial charge on any atom is 0.261 e. The molecule has 4 rings (SSSR count). The van der Waals surface area contributed by atoms with Gasteiger partial charge in [0.1, 0.15) is 11.3 Å². The molecular weight excluding hydrogens is 430 g/mol. The van der Waals surface area contributed by atoms with E-state index < -0.39 is 0 Å². The molecule has 164 valence electrons. The van der Waals surface area contributed by atoms with Crippen molar-refractivity contribution in [2.75, 3.05) is 57.7 Å². The lowest BCUT2D eigenvalue weighted by Gasteiger charge is -2.29. The van der Waals surface area contributed by atoms with E-state index in [0.29, 0.717) is 17.2 Å². The predicted molar refractivity (Wildman–Crippen MR) is 128 cm³/mol. The Bertz CT molecular complexity index is 1060. The van der Waals surface area contributed by atoms with Gasteiger partial charge >= 0.3 is 0 Å². The normalized spacial score (nSPS) is 14.7. The number of benzene rings is 2. The van der Waals surface area contributed by atoms with Crippen LogP contribution in [-0.4, -0.2) is 68.5 Å². The molecule has 0 unspecified atom stereocenters. The van der Waals surface area contributed by atoms with Crippen molar-refractivity contribution >= 4 is 44.4 Å². The number of rotatable bonds is 7. The van der Waals surface area contributed by atoms with Crippen LogP contribution in [0, 0.1) is 6.92 Å². The minimum Gasteiger partial charge on any atom is -0.494 e. The van der Waals surface area contributed by atoms with E-state index in [2.05, 4.69) is 11.8 Å². The second-order valence-corrected chi connectivity index (χ2v) is 9.20. The number of thioether (sulfide) groups is 1. The number of hydrogen-bond acceptors (Lipinski definition) is 7. The van der Waals surface area contributed by atoms with Crippen molar-refractivity contribution in [1.29, 1.82) is 0 Å². The minimum atomic E-state index is -0.0196. The summed E-state index contributed by atoms with van der Waals surface area (Å²) < 4.78 is 12.0. The van der Waals surface area contributed by atoms with Crippen molar-refractivity contribution in [3.05, 3.63) is 47.5 Å². The van der Waals surface area contributed by atoms with Crippen molar-refractivity contribution in [3.8, 4) is 5.75 Å². The topological polar surface area (TPSA) is 54.9 Å². The molecule has 2 aromatic carbocycles. The average molecular weight is 458 g/mol. The fourth-order valence-corrected chi connectivity index (χ4v) is 5.36. The van der Waals surface area contributed by atoms with Gasteiger partial charge in [0.2, 0.25) is 0 Å². The van der Waals surface area contributed by atoms with Crippen LogP contribution in [0.25, 0.3) is 10.2 Å². The van der Waals surface area contributed by atoms with Gasteiger partial charge in [0.25, 0.3) is 5.91 Å². The largest absolute Gasteiger partial charge is 0.494 e. The van der Waals surface area contributed by atoms with E-state index in [4.69, 9.17) is 14.5 Å². The third-order valence-corrected chi connectivity index (χ3v) is 7.48. The Hall–Kier alpha value is -2.13. The highest BCUT2D eigenvalue weighted by Gasteiger charge is 2.25. The van der Waals surface area contributed by atoms with Gasteiger partial charge in [-0.25, -0.2) is 4.98 Å². The summed E-state index contributed by atoms with van der Waals surface area (Å²) in [5.74, 6) is 0.710. The molecule has 0 saturated carbocycles. The summed E-state index contributed by atoms with van der Waals surface area (Å²) in [6.07, 6.45) is 2.00. The smallest absolute Gasteiger partial charge is 0.261 e. The number of ether oxygens (including phenoxy) is 2. The molecule has 0 radical (unpaired) electrons. The van der Waals surface area contributed by atoms with Gasteiger partial charge in [0.15, 0.2) is 5.13 Å². The number of anilines is 1. The minimum absolute atomic E-state index is 0.0196. The van der Waals surface area contributed by atoms with E-state index in [1.807, 2.05) is 47.6 Å². The SMILES string of the molecule is COc1ccc(C)c2sc(N(CCN3CCOCC3)C(=O)c3ccccc3SC)nc12. The van der Waals surface area contributed by atoms with E-state index in [1.54, 1.807) is 30.2 Å². The lowest BCUT2D eigenvalue weighted by atomic mass is 10.2. The highest BCUT2D eigenvalue weighted by Crippen LogP contribution is 2.37. The molecule has 1 saturated heterocycles. The maximum atomic E-state index is 13.7. The Kier molecular flexibility index (Phi) is 7.12. The quantitative estimate of drug-likeness (QED) is 0.493. The molecule has 1 fully saturated rings. The molecule has 0 spiro atoms. The molecule has 0 N–H and O–H groups in total. The van der Waals surface area contributed by atoms with Crippen molar-refractivity contribution in [3.63, 3.8) is 0 Å². The molecule has 1 aliphatic heterocycles. The number of carbonyl (C=O) groups is 1.